The quantitative estimate of drug-likeness (QED) is 0.702. The number of para-hydroxylation sites is 2. The molecule has 3 aromatic rings. The topological polar surface area (TPSA) is 82.3 Å². The number of aliphatic hydroxyl groups is 1. The number of nitrogens with zero attached hydrogens (tertiary/aromatic N) is 4. The smallest absolute Gasteiger partial charge is 0.188 e. The Morgan fingerprint density at radius 3 is 2.50 bits per heavy atom. The zero-order valence-electron chi connectivity index (χ0n) is 14.5. The zero-order chi connectivity index (χ0) is 18.0. The predicted octanol–water partition coefficient (Wildman–Crippen LogP) is 2.27. The van der Waals surface area contributed by atoms with Gasteiger partial charge in [0.05, 0.1) is 24.8 Å². The van der Waals surface area contributed by atoms with E-state index >= 15 is 0 Å². The molecular formula is C19H20N4O3. The Bertz CT molecular complexity index is 891. The Labute approximate surface area is 151 Å². The third kappa shape index (κ3) is 3.01. The Hall–Kier alpha value is -2.93. The van der Waals surface area contributed by atoms with E-state index in [-0.39, 0.29) is 18.6 Å². The van der Waals surface area contributed by atoms with Crippen LogP contribution in [0.4, 0.5) is 0 Å². The van der Waals surface area contributed by atoms with Crippen LogP contribution in [-0.2, 0) is 12.0 Å². The Balaban J connectivity index is 1.63. The van der Waals surface area contributed by atoms with Crippen molar-refractivity contribution in [1.29, 1.82) is 0 Å². The molecular weight excluding hydrogens is 332 g/mol. The van der Waals surface area contributed by atoms with Crippen LogP contribution in [0.5, 0.6) is 11.5 Å². The fourth-order valence-electron chi connectivity index (χ4n) is 2.91. The van der Waals surface area contributed by atoms with Gasteiger partial charge in [-0.05, 0) is 37.1 Å². The number of aromatic nitrogens is 4. The molecule has 4 rings (SSSR count). The summed E-state index contributed by atoms with van der Waals surface area (Å²) in [7, 11) is 1.61. The van der Waals surface area contributed by atoms with Crippen LogP contribution in [0.15, 0.2) is 48.8 Å². The van der Waals surface area contributed by atoms with E-state index in [9.17, 15) is 5.11 Å². The van der Waals surface area contributed by atoms with Crippen molar-refractivity contribution in [2.24, 2.45) is 0 Å². The molecule has 26 heavy (non-hydrogen) atoms. The van der Waals surface area contributed by atoms with Gasteiger partial charge in [0.1, 0.15) is 12.4 Å². The van der Waals surface area contributed by atoms with Crippen LogP contribution in [0, 0.1) is 0 Å². The van der Waals surface area contributed by atoms with Gasteiger partial charge in [-0.15, -0.1) is 5.10 Å². The molecule has 7 heteroatoms. The second-order valence-corrected chi connectivity index (χ2v) is 6.35. The van der Waals surface area contributed by atoms with Crippen molar-refractivity contribution >= 4 is 0 Å². The summed E-state index contributed by atoms with van der Waals surface area (Å²) in [5.41, 5.74) is 0.560. The van der Waals surface area contributed by atoms with Gasteiger partial charge in [-0.3, -0.25) is 4.98 Å². The number of aliphatic hydroxyl groups excluding tert-OH is 1. The molecule has 0 bridgehead atoms. The molecule has 1 saturated carbocycles. The molecule has 0 atom stereocenters. The van der Waals surface area contributed by atoms with E-state index in [1.807, 2.05) is 36.4 Å². The van der Waals surface area contributed by atoms with Crippen LogP contribution in [-0.4, -0.2) is 38.6 Å². The van der Waals surface area contributed by atoms with E-state index in [1.54, 1.807) is 24.2 Å². The molecule has 0 radical (unpaired) electrons. The van der Waals surface area contributed by atoms with E-state index in [1.165, 1.54) is 0 Å². The number of hydrogen-bond donors (Lipinski definition) is 1. The summed E-state index contributed by atoms with van der Waals surface area (Å²) in [6.07, 6.45) is 5.23. The lowest BCUT2D eigenvalue weighted by Crippen LogP contribution is -2.18. The molecule has 7 nitrogen and oxygen atoms in total. The highest BCUT2D eigenvalue weighted by atomic mass is 16.5. The third-order valence-electron chi connectivity index (χ3n) is 4.61. The first-order valence-electron chi connectivity index (χ1n) is 8.49. The Morgan fingerprint density at radius 2 is 1.85 bits per heavy atom. The van der Waals surface area contributed by atoms with Gasteiger partial charge in [-0.2, -0.15) is 0 Å². The summed E-state index contributed by atoms with van der Waals surface area (Å²) in [5, 5.41) is 14.4. The van der Waals surface area contributed by atoms with Gasteiger partial charge in [-0.1, -0.05) is 12.1 Å². The van der Waals surface area contributed by atoms with E-state index in [2.05, 4.69) is 15.1 Å². The normalized spacial score (nSPS) is 14.8. The first-order chi connectivity index (χ1) is 12.8. The van der Waals surface area contributed by atoms with Crippen molar-refractivity contribution in [3.63, 3.8) is 0 Å². The number of methoxy groups -OCH3 is 1. The molecule has 1 N–H and O–H groups in total. The van der Waals surface area contributed by atoms with Crippen LogP contribution in [0.2, 0.25) is 0 Å². The highest BCUT2D eigenvalue weighted by molar-refractivity contribution is 5.39. The molecule has 1 fully saturated rings. The Morgan fingerprint density at radius 1 is 1.12 bits per heavy atom. The SMILES string of the molecule is COc1ccccc1OCc1nc(C2(CO)CC2)n(-c2ccncc2)n1. The summed E-state index contributed by atoms with van der Waals surface area (Å²) in [6, 6.07) is 11.2. The highest BCUT2D eigenvalue weighted by Crippen LogP contribution is 2.47. The van der Waals surface area contributed by atoms with Crippen molar-refractivity contribution < 1.29 is 14.6 Å². The predicted molar refractivity (Wildman–Crippen MR) is 94.5 cm³/mol. The number of benzene rings is 1. The second kappa shape index (κ2) is 6.76. The maximum Gasteiger partial charge on any atom is 0.188 e. The fraction of sp³-hybridized carbons (Fsp3) is 0.316. The first kappa shape index (κ1) is 16.5. The molecule has 134 valence electrons. The molecule has 0 amide bonds. The van der Waals surface area contributed by atoms with Crippen molar-refractivity contribution in [1.82, 2.24) is 19.7 Å². The number of pyridine rings is 1. The van der Waals surface area contributed by atoms with Crippen LogP contribution >= 0.6 is 0 Å². The molecule has 2 aromatic heterocycles. The fourth-order valence-corrected chi connectivity index (χ4v) is 2.91. The molecule has 0 aliphatic heterocycles. The molecule has 0 spiro atoms. The van der Waals surface area contributed by atoms with Crippen molar-refractivity contribution in [2.45, 2.75) is 24.9 Å². The van der Waals surface area contributed by atoms with E-state index in [4.69, 9.17) is 9.47 Å². The van der Waals surface area contributed by atoms with Crippen molar-refractivity contribution in [3.8, 4) is 17.2 Å². The molecule has 0 saturated heterocycles. The number of rotatable bonds is 7. The minimum absolute atomic E-state index is 0.0591. The summed E-state index contributed by atoms with van der Waals surface area (Å²) in [4.78, 5) is 8.72. The van der Waals surface area contributed by atoms with Gasteiger partial charge in [0.15, 0.2) is 17.3 Å². The summed E-state index contributed by atoms with van der Waals surface area (Å²) in [5.74, 6) is 2.63. The largest absolute Gasteiger partial charge is 0.493 e. The van der Waals surface area contributed by atoms with Gasteiger partial charge < -0.3 is 14.6 Å². The van der Waals surface area contributed by atoms with E-state index < -0.39 is 0 Å². The zero-order valence-corrected chi connectivity index (χ0v) is 14.5. The highest BCUT2D eigenvalue weighted by Gasteiger charge is 2.48. The monoisotopic (exact) mass is 352 g/mol. The molecule has 1 aromatic carbocycles. The van der Waals surface area contributed by atoms with Crippen LogP contribution in [0.3, 0.4) is 0 Å². The van der Waals surface area contributed by atoms with Gasteiger partial charge in [-0.25, -0.2) is 9.67 Å². The summed E-state index contributed by atoms with van der Waals surface area (Å²) >= 11 is 0. The minimum Gasteiger partial charge on any atom is -0.493 e. The summed E-state index contributed by atoms with van der Waals surface area (Å²) in [6.45, 7) is 0.274. The number of hydrogen-bond acceptors (Lipinski definition) is 6. The first-order valence-corrected chi connectivity index (χ1v) is 8.49. The van der Waals surface area contributed by atoms with Crippen LogP contribution in [0.1, 0.15) is 24.5 Å². The number of ether oxygens (including phenoxy) is 2. The molecule has 0 unspecified atom stereocenters. The van der Waals surface area contributed by atoms with Gasteiger partial charge in [0.25, 0.3) is 0 Å². The van der Waals surface area contributed by atoms with Crippen LogP contribution in [0.25, 0.3) is 5.69 Å². The lowest BCUT2D eigenvalue weighted by molar-refractivity contribution is 0.248. The lowest BCUT2D eigenvalue weighted by Gasteiger charge is -2.12. The van der Waals surface area contributed by atoms with Crippen LogP contribution < -0.4 is 9.47 Å². The average Bonchev–Trinajstić information content (AvgIpc) is 3.39. The Kier molecular flexibility index (Phi) is 4.30. The standard InChI is InChI=1S/C19H20N4O3/c1-25-15-4-2-3-5-16(15)26-12-17-21-18(19(13-24)8-9-19)23(22-17)14-6-10-20-11-7-14/h2-7,10-11,24H,8-9,12-13H2,1H3. The van der Waals surface area contributed by atoms with Crippen molar-refractivity contribution in [2.75, 3.05) is 13.7 Å². The third-order valence-corrected chi connectivity index (χ3v) is 4.61. The van der Waals surface area contributed by atoms with Crippen molar-refractivity contribution in [3.05, 3.63) is 60.4 Å². The molecule has 1 aliphatic carbocycles. The molecule has 2 heterocycles. The summed E-state index contributed by atoms with van der Waals surface area (Å²) < 4.78 is 12.9. The lowest BCUT2D eigenvalue weighted by atomic mass is 10.1. The average molecular weight is 352 g/mol. The van der Waals surface area contributed by atoms with Gasteiger partial charge in [0.2, 0.25) is 0 Å². The second-order valence-electron chi connectivity index (χ2n) is 6.35. The minimum atomic E-state index is -0.307. The molecule has 1 aliphatic rings. The van der Waals surface area contributed by atoms with Gasteiger partial charge >= 0.3 is 0 Å². The maximum absolute atomic E-state index is 9.83. The van der Waals surface area contributed by atoms with E-state index in [0.29, 0.717) is 17.3 Å². The maximum atomic E-state index is 9.83. The van der Waals surface area contributed by atoms with Gasteiger partial charge in [0, 0.05) is 12.4 Å². The van der Waals surface area contributed by atoms with E-state index in [0.717, 1.165) is 24.4 Å².